The minimum atomic E-state index is -2.78. The normalized spacial score (nSPS) is 7.67. The Kier molecular flexibility index (Phi) is 8.83. The first-order valence-electron chi connectivity index (χ1n) is 0.859. The third-order valence-electron chi connectivity index (χ3n) is 0.0861. The van der Waals surface area contributed by atoms with Crippen LogP contribution < -0.4 is 4.89 Å². The van der Waals surface area contributed by atoms with Gasteiger partial charge < -0.3 is 5.21 Å². The van der Waals surface area contributed by atoms with E-state index in [2.05, 4.69) is 0 Å². The fourth-order valence-electron chi connectivity index (χ4n) is 0. The molecule has 0 heterocycles. The summed E-state index contributed by atoms with van der Waals surface area (Å²) in [5.41, 5.74) is 0. The molecule has 0 aliphatic heterocycles. The van der Waals surface area contributed by atoms with Crippen LogP contribution in [0.5, 0.6) is 0 Å². The Hall–Kier alpha value is 0.467. The second-order valence-electron chi connectivity index (χ2n) is 0.391. The molecule has 0 saturated heterocycles. The molecule has 6 heavy (non-hydrogen) atoms. The Morgan fingerprint density at radius 1 is 1.50 bits per heavy atom. The van der Waals surface area contributed by atoms with Crippen molar-refractivity contribution in [3.8, 4) is 0 Å². The van der Waals surface area contributed by atoms with E-state index in [1.54, 1.807) is 0 Å². The summed E-state index contributed by atoms with van der Waals surface area (Å²) in [5.74, 6) is 0. The number of hydrogen-bond donors (Lipinski definition) is 2. The van der Waals surface area contributed by atoms with E-state index in [4.69, 9.17) is 13.6 Å². The van der Waals surface area contributed by atoms with Crippen LogP contribution in [0.1, 0.15) is 0 Å². The van der Waals surface area contributed by atoms with Gasteiger partial charge in [0.15, 0.2) is 0 Å². The van der Waals surface area contributed by atoms with Crippen molar-refractivity contribution < 1.29 is 13.3 Å². The van der Waals surface area contributed by atoms with E-state index in [0.717, 1.165) is 0 Å². The Balaban J connectivity index is 0. The molecular formula is H4LiNO3S. The molecule has 0 bridgehead atoms. The summed E-state index contributed by atoms with van der Waals surface area (Å²) in [6, 6.07) is 0. The summed E-state index contributed by atoms with van der Waals surface area (Å²) < 4.78 is 18.1. The Morgan fingerprint density at radius 2 is 1.67 bits per heavy atom. The van der Waals surface area contributed by atoms with Crippen LogP contribution in [0.3, 0.4) is 0 Å². The van der Waals surface area contributed by atoms with Crippen molar-refractivity contribution in [1.82, 2.24) is 0 Å². The Morgan fingerprint density at radius 3 is 1.67 bits per heavy atom. The maximum absolute atomic E-state index is 9.04. The van der Waals surface area contributed by atoms with Crippen molar-refractivity contribution in [1.29, 1.82) is 0 Å². The SMILES string of the molecule is O=[SH](=O)[NH2+][O-].[LiH]. The molecule has 0 rings (SSSR count). The summed E-state index contributed by atoms with van der Waals surface area (Å²) in [7, 11) is -2.78. The van der Waals surface area contributed by atoms with Gasteiger partial charge in [0, 0.05) is 0 Å². The molecule has 6 heteroatoms. The van der Waals surface area contributed by atoms with E-state index in [0.29, 0.717) is 0 Å². The molecule has 4 nitrogen and oxygen atoms in total. The minimum absolute atomic E-state index is 0. The molecule has 0 aliphatic carbocycles. The van der Waals surface area contributed by atoms with Gasteiger partial charge in [0.2, 0.25) is 0 Å². The van der Waals surface area contributed by atoms with Crippen LogP contribution in [0.4, 0.5) is 0 Å². The van der Waals surface area contributed by atoms with E-state index in [1.807, 2.05) is 0 Å². The Labute approximate surface area is 48.8 Å². The quantitative estimate of drug-likeness (QED) is 0.211. The predicted octanol–water partition coefficient (Wildman–Crippen LogP) is -3.07. The van der Waals surface area contributed by atoms with Gasteiger partial charge in [-0.3, -0.25) is 4.89 Å². The monoisotopic (exact) mass is 105 g/mol. The van der Waals surface area contributed by atoms with E-state index in [-0.39, 0.29) is 23.7 Å². The van der Waals surface area contributed by atoms with Crippen LogP contribution in [0.2, 0.25) is 0 Å². The van der Waals surface area contributed by atoms with Crippen molar-refractivity contribution in [3.05, 3.63) is 5.21 Å². The number of hydrogen-bond acceptors (Lipinski definition) is 3. The van der Waals surface area contributed by atoms with Gasteiger partial charge in [-0.05, 0) is 0 Å². The van der Waals surface area contributed by atoms with Crippen molar-refractivity contribution in [2.45, 2.75) is 0 Å². The summed E-state index contributed by atoms with van der Waals surface area (Å²) >= 11 is 0. The number of rotatable bonds is 1. The summed E-state index contributed by atoms with van der Waals surface area (Å²) in [4.78, 5) is -0.130. The average Bonchev–Trinajstić information content (AvgIpc) is 1.38. The molecule has 0 amide bonds. The van der Waals surface area contributed by atoms with Gasteiger partial charge in [-0.25, -0.2) is 0 Å². The summed E-state index contributed by atoms with van der Waals surface area (Å²) in [6.07, 6.45) is 0. The van der Waals surface area contributed by atoms with Crippen LogP contribution in [-0.4, -0.2) is 27.3 Å². The second kappa shape index (κ2) is 5.47. The summed E-state index contributed by atoms with van der Waals surface area (Å²) in [6.45, 7) is 0. The molecule has 0 fully saturated rings. The zero-order chi connectivity index (χ0) is 4.28. The predicted molar refractivity (Wildman–Crippen MR) is 22.8 cm³/mol. The van der Waals surface area contributed by atoms with E-state index < -0.39 is 10.9 Å². The molecule has 0 aliphatic rings. The van der Waals surface area contributed by atoms with Gasteiger partial charge in [0.25, 0.3) is 10.9 Å². The van der Waals surface area contributed by atoms with Crippen LogP contribution in [0.25, 0.3) is 0 Å². The van der Waals surface area contributed by atoms with Gasteiger partial charge in [-0.15, -0.1) is 0 Å². The van der Waals surface area contributed by atoms with Gasteiger partial charge in [-0.2, -0.15) is 8.42 Å². The van der Waals surface area contributed by atoms with E-state index in [1.165, 1.54) is 0 Å². The van der Waals surface area contributed by atoms with Gasteiger partial charge in [0.05, 0.1) is 0 Å². The van der Waals surface area contributed by atoms with E-state index >= 15 is 0 Å². The van der Waals surface area contributed by atoms with Crippen molar-refractivity contribution in [2.75, 3.05) is 0 Å². The van der Waals surface area contributed by atoms with Crippen molar-refractivity contribution in [3.63, 3.8) is 0 Å². The topological polar surface area (TPSA) is 73.8 Å². The van der Waals surface area contributed by atoms with Gasteiger partial charge >= 0.3 is 18.9 Å². The zero-order valence-electron chi connectivity index (χ0n) is 2.25. The maximum atomic E-state index is 9.04. The third kappa shape index (κ3) is 8.82. The molecule has 34 valence electrons. The first kappa shape index (κ1) is 9.69. The standard InChI is InChI=1S/Li.H3NO3S.H/c;2-1-5(3)4;/h;5H,1H2;. The van der Waals surface area contributed by atoms with Crippen LogP contribution >= 0.6 is 0 Å². The Bertz CT molecular complexity index is 68.9. The molecule has 0 atom stereocenters. The first-order chi connectivity index (χ1) is 2.27. The van der Waals surface area contributed by atoms with E-state index in [9.17, 15) is 0 Å². The molecule has 2 N–H and O–H groups in total. The molecule has 0 aromatic carbocycles. The summed E-state index contributed by atoms with van der Waals surface area (Å²) in [5, 5.41) is 8.91. The third-order valence-corrected chi connectivity index (χ3v) is 0.258. The molecule has 0 saturated carbocycles. The number of quaternary nitrogens is 1. The molecule has 0 radical (unpaired) electrons. The van der Waals surface area contributed by atoms with Crippen LogP contribution in [0, 0.1) is 5.21 Å². The first-order valence-corrected chi connectivity index (χ1v) is 2.11. The second-order valence-corrected chi connectivity index (χ2v) is 1.17. The molecular weight excluding hydrogens is 101 g/mol. The molecule has 0 aromatic rings. The van der Waals surface area contributed by atoms with Crippen LogP contribution in [0.15, 0.2) is 0 Å². The number of nitrogens with two attached hydrogens (primary N) is 1. The molecule has 0 aromatic heterocycles. The fourth-order valence-corrected chi connectivity index (χ4v) is 0. The van der Waals surface area contributed by atoms with Crippen LogP contribution in [-0.2, 0) is 10.9 Å². The molecule has 0 spiro atoms. The number of thiol groups is 1. The van der Waals surface area contributed by atoms with Crippen molar-refractivity contribution in [2.24, 2.45) is 0 Å². The fraction of sp³-hybridized carbons (Fsp3) is 0. The van der Waals surface area contributed by atoms with Gasteiger partial charge in [-0.1, -0.05) is 0 Å². The zero-order valence-corrected chi connectivity index (χ0v) is 3.14. The van der Waals surface area contributed by atoms with Crippen molar-refractivity contribution >= 4 is 29.8 Å². The molecule has 0 unspecified atom stereocenters. The average molecular weight is 105 g/mol. The van der Waals surface area contributed by atoms with Gasteiger partial charge in [0.1, 0.15) is 0 Å².